The zero-order valence-electron chi connectivity index (χ0n) is 10.6. The van der Waals surface area contributed by atoms with Crippen LogP contribution < -0.4 is 11.1 Å². The molecule has 0 aliphatic carbocycles. The number of hydrogen-bond donors (Lipinski definition) is 2. The van der Waals surface area contributed by atoms with Gasteiger partial charge in [-0.2, -0.15) is 0 Å². The minimum absolute atomic E-state index is 0.108. The lowest BCUT2D eigenvalue weighted by molar-refractivity contribution is -0.116. The molecule has 1 amide bonds. The van der Waals surface area contributed by atoms with Crippen molar-refractivity contribution in [3.8, 4) is 0 Å². The fourth-order valence-corrected chi connectivity index (χ4v) is 2.15. The Morgan fingerprint density at radius 3 is 2.75 bits per heavy atom. The number of pyridine rings is 1. The van der Waals surface area contributed by atoms with E-state index in [-0.39, 0.29) is 11.1 Å². The van der Waals surface area contributed by atoms with E-state index in [2.05, 4.69) is 26.2 Å². The quantitative estimate of drug-likeness (QED) is 0.650. The summed E-state index contributed by atoms with van der Waals surface area (Å²) < 4.78 is 0.760. The van der Waals surface area contributed by atoms with Gasteiger partial charge in [-0.1, -0.05) is 23.7 Å². The number of benzene rings is 1. The number of nitrogen functional groups attached to an aromatic ring is 1. The first-order valence-electron chi connectivity index (χ1n) is 6.00. The lowest BCUT2D eigenvalue weighted by atomic mass is 10.1. The minimum atomic E-state index is -0.108. The van der Waals surface area contributed by atoms with Gasteiger partial charge in [0.15, 0.2) is 5.15 Å². The molecule has 2 aromatic rings. The largest absolute Gasteiger partial charge is 0.399 e. The van der Waals surface area contributed by atoms with Crippen LogP contribution in [0.15, 0.2) is 41.0 Å². The number of nitrogens with two attached hydrogens (primary N) is 1. The first-order chi connectivity index (χ1) is 9.54. The maximum absolute atomic E-state index is 11.9. The van der Waals surface area contributed by atoms with Crippen molar-refractivity contribution >= 4 is 44.8 Å². The third kappa shape index (κ3) is 4.21. The predicted molar refractivity (Wildman–Crippen MR) is 84.8 cm³/mol. The average Bonchev–Trinajstić information content (AvgIpc) is 2.42. The third-order valence-corrected chi connectivity index (χ3v) is 3.44. The highest BCUT2D eigenvalue weighted by Crippen LogP contribution is 2.23. The van der Waals surface area contributed by atoms with Gasteiger partial charge in [0.25, 0.3) is 0 Å². The highest BCUT2D eigenvalue weighted by atomic mass is 79.9. The molecule has 2 rings (SSSR count). The molecule has 0 radical (unpaired) electrons. The van der Waals surface area contributed by atoms with Gasteiger partial charge in [0.05, 0.1) is 5.69 Å². The molecule has 104 valence electrons. The molecule has 1 aromatic carbocycles. The van der Waals surface area contributed by atoms with Gasteiger partial charge >= 0.3 is 0 Å². The molecule has 0 saturated heterocycles. The third-order valence-electron chi connectivity index (χ3n) is 2.70. The Morgan fingerprint density at radius 2 is 2.05 bits per heavy atom. The second-order valence-corrected chi connectivity index (χ2v) is 5.56. The Bertz CT molecular complexity index is 616. The van der Waals surface area contributed by atoms with Crippen LogP contribution in [0.4, 0.5) is 11.4 Å². The number of aromatic nitrogens is 1. The molecule has 0 atom stereocenters. The highest BCUT2D eigenvalue weighted by Gasteiger charge is 2.07. The number of nitrogens with one attached hydrogen (secondary N) is 1. The van der Waals surface area contributed by atoms with Gasteiger partial charge in [-0.15, -0.1) is 0 Å². The molecular formula is C14H13BrClN3O. The van der Waals surface area contributed by atoms with E-state index in [0.29, 0.717) is 24.2 Å². The van der Waals surface area contributed by atoms with Crippen LogP contribution >= 0.6 is 27.5 Å². The van der Waals surface area contributed by atoms with E-state index in [1.54, 1.807) is 12.3 Å². The zero-order chi connectivity index (χ0) is 14.5. The number of nitrogens with zero attached hydrogens (tertiary/aromatic N) is 1. The number of hydrogen-bond acceptors (Lipinski definition) is 3. The summed E-state index contributed by atoms with van der Waals surface area (Å²) in [6, 6.07) is 9.19. The van der Waals surface area contributed by atoms with Crippen molar-refractivity contribution < 1.29 is 4.79 Å². The van der Waals surface area contributed by atoms with Gasteiger partial charge in [0, 0.05) is 22.8 Å². The zero-order valence-corrected chi connectivity index (χ0v) is 12.9. The van der Waals surface area contributed by atoms with E-state index < -0.39 is 0 Å². The van der Waals surface area contributed by atoms with Gasteiger partial charge in [0.1, 0.15) is 0 Å². The summed E-state index contributed by atoms with van der Waals surface area (Å²) in [5, 5.41) is 3.02. The van der Waals surface area contributed by atoms with E-state index in [0.717, 1.165) is 10.0 Å². The molecule has 0 spiro atoms. The van der Waals surface area contributed by atoms with Crippen LogP contribution in [0.25, 0.3) is 0 Å². The molecule has 0 aliphatic rings. The number of carbonyl (C=O) groups is 1. The van der Waals surface area contributed by atoms with Crippen LogP contribution in [0.2, 0.25) is 5.15 Å². The lowest BCUT2D eigenvalue weighted by Crippen LogP contribution is -2.13. The van der Waals surface area contributed by atoms with Crippen LogP contribution in [0.5, 0.6) is 0 Å². The molecule has 20 heavy (non-hydrogen) atoms. The SMILES string of the molecule is Nc1ccc(CCC(=O)Nc2cc(Br)cnc2Cl)cc1. The fraction of sp³-hybridized carbons (Fsp3) is 0.143. The van der Waals surface area contributed by atoms with Crippen LogP contribution in [-0.4, -0.2) is 10.9 Å². The van der Waals surface area contributed by atoms with Crippen LogP contribution in [-0.2, 0) is 11.2 Å². The molecule has 0 unspecified atom stereocenters. The number of amides is 1. The lowest BCUT2D eigenvalue weighted by Gasteiger charge is -2.07. The summed E-state index contributed by atoms with van der Waals surface area (Å²) in [6.45, 7) is 0. The number of carbonyl (C=O) groups excluding carboxylic acids is 1. The Kier molecular flexibility index (Phi) is 4.98. The summed E-state index contributed by atoms with van der Waals surface area (Å²) in [4.78, 5) is 15.8. The summed E-state index contributed by atoms with van der Waals surface area (Å²) >= 11 is 9.20. The highest BCUT2D eigenvalue weighted by molar-refractivity contribution is 9.10. The standard InChI is InChI=1S/C14H13BrClN3O/c15-10-7-12(14(16)18-8-10)19-13(20)6-3-9-1-4-11(17)5-2-9/h1-2,4-5,7-8H,3,6,17H2,(H,19,20). The summed E-state index contributed by atoms with van der Waals surface area (Å²) in [6.07, 6.45) is 2.59. The van der Waals surface area contributed by atoms with Gasteiger partial charge in [-0.3, -0.25) is 4.79 Å². The van der Waals surface area contributed by atoms with Crippen molar-refractivity contribution in [3.05, 3.63) is 51.7 Å². The molecule has 0 bridgehead atoms. The van der Waals surface area contributed by atoms with Crippen LogP contribution in [0.1, 0.15) is 12.0 Å². The Hall–Kier alpha value is -1.59. The summed E-state index contributed by atoms with van der Waals surface area (Å²) in [5.74, 6) is -0.108. The normalized spacial score (nSPS) is 10.3. The van der Waals surface area contributed by atoms with Gasteiger partial charge in [0.2, 0.25) is 5.91 Å². The number of halogens is 2. The van der Waals surface area contributed by atoms with E-state index in [9.17, 15) is 4.79 Å². The number of rotatable bonds is 4. The summed E-state index contributed by atoms with van der Waals surface area (Å²) in [7, 11) is 0. The molecule has 0 fully saturated rings. The van der Waals surface area contributed by atoms with E-state index in [1.807, 2.05) is 24.3 Å². The van der Waals surface area contributed by atoms with Crippen molar-refractivity contribution in [1.29, 1.82) is 0 Å². The van der Waals surface area contributed by atoms with Crippen molar-refractivity contribution in [2.75, 3.05) is 11.1 Å². The monoisotopic (exact) mass is 353 g/mol. The molecule has 6 heteroatoms. The van der Waals surface area contributed by atoms with Crippen LogP contribution in [0, 0.1) is 0 Å². The van der Waals surface area contributed by atoms with Crippen LogP contribution in [0.3, 0.4) is 0 Å². The molecule has 1 heterocycles. The van der Waals surface area contributed by atoms with Crippen molar-refractivity contribution in [1.82, 2.24) is 4.98 Å². The average molecular weight is 355 g/mol. The first-order valence-corrected chi connectivity index (χ1v) is 7.17. The molecule has 0 aliphatic heterocycles. The molecule has 1 aromatic heterocycles. The maximum Gasteiger partial charge on any atom is 0.224 e. The number of aryl methyl sites for hydroxylation is 1. The van der Waals surface area contributed by atoms with Gasteiger partial charge in [-0.25, -0.2) is 4.98 Å². The van der Waals surface area contributed by atoms with E-state index in [1.165, 1.54) is 0 Å². The fourth-order valence-electron chi connectivity index (χ4n) is 1.67. The van der Waals surface area contributed by atoms with Crippen molar-refractivity contribution in [3.63, 3.8) is 0 Å². The molecule has 4 nitrogen and oxygen atoms in total. The van der Waals surface area contributed by atoms with Crippen molar-refractivity contribution in [2.24, 2.45) is 0 Å². The smallest absolute Gasteiger partial charge is 0.224 e. The minimum Gasteiger partial charge on any atom is -0.399 e. The van der Waals surface area contributed by atoms with Gasteiger partial charge < -0.3 is 11.1 Å². The number of anilines is 2. The Labute approximate surface area is 130 Å². The Morgan fingerprint density at radius 1 is 1.35 bits per heavy atom. The van der Waals surface area contributed by atoms with Crippen molar-refractivity contribution in [2.45, 2.75) is 12.8 Å². The second-order valence-electron chi connectivity index (χ2n) is 4.28. The second kappa shape index (κ2) is 6.72. The van der Waals surface area contributed by atoms with E-state index >= 15 is 0 Å². The predicted octanol–water partition coefficient (Wildman–Crippen LogP) is 3.65. The molecular weight excluding hydrogens is 342 g/mol. The van der Waals surface area contributed by atoms with Gasteiger partial charge in [-0.05, 0) is 46.1 Å². The molecule has 0 saturated carbocycles. The van der Waals surface area contributed by atoms with E-state index in [4.69, 9.17) is 17.3 Å². The topological polar surface area (TPSA) is 68.0 Å². The maximum atomic E-state index is 11.9. The molecule has 3 N–H and O–H groups in total. The summed E-state index contributed by atoms with van der Waals surface area (Å²) in [5.41, 5.74) is 7.89. The Balaban J connectivity index is 1.92. The first kappa shape index (κ1) is 14.8.